The fraction of sp³-hybridized carbons (Fsp3) is 0.312. The molecule has 0 radical (unpaired) electrons. The monoisotopic (exact) mass is 300 g/mol. The van der Waals surface area contributed by atoms with Crippen LogP contribution in [-0.2, 0) is 4.65 Å². The van der Waals surface area contributed by atoms with Crippen LogP contribution in [0.25, 0.3) is 0 Å². The number of nitrogens with zero attached hydrogens (tertiary/aromatic N) is 2. The zero-order valence-electron chi connectivity index (χ0n) is 12.7. The maximum absolute atomic E-state index is 10.0. The van der Waals surface area contributed by atoms with Crippen LogP contribution in [0.3, 0.4) is 0 Å². The Balaban J connectivity index is 1.88. The molecule has 0 bridgehead atoms. The molecular formula is C16H21BN2O3. The minimum absolute atomic E-state index is 0.0664. The molecule has 1 aromatic carbocycles. The van der Waals surface area contributed by atoms with Gasteiger partial charge in [-0.05, 0) is 31.2 Å². The Hall–Kier alpha value is -1.89. The number of anilines is 1. The maximum atomic E-state index is 10.0. The molecular weight excluding hydrogens is 279 g/mol. The first-order valence-electron chi connectivity index (χ1n) is 7.35. The zero-order chi connectivity index (χ0) is 15.8. The smallest absolute Gasteiger partial charge is 0.422 e. The lowest BCUT2D eigenvalue weighted by Gasteiger charge is -2.24. The highest BCUT2D eigenvalue weighted by atomic mass is 16.5. The fourth-order valence-corrected chi connectivity index (χ4v) is 2.19. The molecule has 2 aromatic rings. The van der Waals surface area contributed by atoms with Crippen LogP contribution in [-0.4, -0.2) is 48.5 Å². The molecule has 1 aromatic heterocycles. The summed E-state index contributed by atoms with van der Waals surface area (Å²) in [6.07, 6.45) is 0. The Labute approximate surface area is 131 Å². The maximum Gasteiger partial charge on any atom is 0.510 e. The first-order valence-corrected chi connectivity index (χ1v) is 7.35. The predicted octanol–water partition coefficient (Wildman–Crippen LogP) is 0.593. The van der Waals surface area contributed by atoms with Crippen molar-refractivity contribution in [1.29, 1.82) is 0 Å². The summed E-state index contributed by atoms with van der Waals surface area (Å²) in [5.74, 6) is 0. The van der Waals surface area contributed by atoms with Crippen molar-refractivity contribution >= 4 is 18.4 Å². The summed E-state index contributed by atoms with van der Waals surface area (Å²) in [6.45, 7) is 3.37. The molecule has 6 heteroatoms. The second kappa shape index (κ2) is 8.53. The topological polar surface area (TPSA) is 65.8 Å². The molecule has 0 amide bonds. The van der Waals surface area contributed by atoms with Gasteiger partial charge in [0.05, 0.1) is 12.2 Å². The number of aliphatic hydroxyl groups excluding tert-OH is 1. The van der Waals surface area contributed by atoms with E-state index in [1.54, 1.807) is 6.07 Å². The first kappa shape index (κ1) is 16.5. The van der Waals surface area contributed by atoms with Crippen LogP contribution < -0.4 is 10.5 Å². The molecule has 2 N–H and O–H groups in total. The molecule has 5 nitrogen and oxygen atoms in total. The van der Waals surface area contributed by atoms with E-state index in [0.717, 1.165) is 11.4 Å². The lowest BCUT2D eigenvalue weighted by atomic mass is 9.84. The summed E-state index contributed by atoms with van der Waals surface area (Å²) in [4.78, 5) is 6.25. The van der Waals surface area contributed by atoms with E-state index in [1.807, 2.05) is 54.3 Å². The van der Waals surface area contributed by atoms with Crippen molar-refractivity contribution in [2.24, 2.45) is 0 Å². The summed E-state index contributed by atoms with van der Waals surface area (Å²) in [5.41, 5.74) is 2.36. The van der Waals surface area contributed by atoms with E-state index in [2.05, 4.69) is 4.98 Å². The number of hydrogen-bond donors (Lipinski definition) is 2. The average Bonchev–Trinajstić information content (AvgIpc) is 2.55. The lowest BCUT2D eigenvalue weighted by molar-refractivity contribution is 0.266. The molecule has 0 unspecified atom stereocenters. The van der Waals surface area contributed by atoms with E-state index < -0.39 is 7.12 Å². The Bertz CT molecular complexity index is 568. The number of rotatable bonds is 8. The van der Waals surface area contributed by atoms with Crippen molar-refractivity contribution in [1.82, 2.24) is 4.98 Å². The third-order valence-electron chi connectivity index (χ3n) is 3.29. The van der Waals surface area contributed by atoms with Crippen molar-refractivity contribution in [3.05, 3.63) is 54.2 Å². The summed E-state index contributed by atoms with van der Waals surface area (Å²) in [5, 5.41) is 19.2. The van der Waals surface area contributed by atoms with Crippen LogP contribution in [0.4, 0.5) is 5.69 Å². The largest absolute Gasteiger partial charge is 0.510 e. The van der Waals surface area contributed by atoms with Gasteiger partial charge in [-0.15, -0.1) is 0 Å². The van der Waals surface area contributed by atoms with Gasteiger partial charge < -0.3 is 19.7 Å². The third kappa shape index (κ3) is 4.84. The van der Waals surface area contributed by atoms with Crippen molar-refractivity contribution in [3.8, 4) is 0 Å². The molecule has 1 heterocycles. The number of aromatic nitrogens is 1. The van der Waals surface area contributed by atoms with Crippen molar-refractivity contribution in [2.45, 2.75) is 6.92 Å². The van der Waals surface area contributed by atoms with E-state index >= 15 is 0 Å². The van der Waals surface area contributed by atoms with Crippen molar-refractivity contribution in [2.75, 3.05) is 31.2 Å². The molecule has 0 fully saturated rings. The molecule has 0 saturated heterocycles. The van der Waals surface area contributed by atoms with Crippen molar-refractivity contribution < 1.29 is 14.8 Å². The van der Waals surface area contributed by atoms with Gasteiger partial charge in [-0.25, -0.2) is 0 Å². The normalized spacial score (nSPS) is 10.5. The Morgan fingerprint density at radius 1 is 1.09 bits per heavy atom. The molecule has 0 spiro atoms. The molecule has 0 aliphatic rings. The van der Waals surface area contributed by atoms with Gasteiger partial charge in [0, 0.05) is 31.1 Å². The van der Waals surface area contributed by atoms with Crippen LogP contribution in [0, 0.1) is 6.92 Å². The highest BCUT2D eigenvalue weighted by Gasteiger charge is 2.18. The number of hydrogen-bond acceptors (Lipinski definition) is 5. The number of para-hydroxylation sites is 1. The van der Waals surface area contributed by atoms with Crippen molar-refractivity contribution in [3.63, 3.8) is 0 Å². The van der Waals surface area contributed by atoms with Gasteiger partial charge >= 0.3 is 7.12 Å². The summed E-state index contributed by atoms with van der Waals surface area (Å²) >= 11 is 0. The molecule has 0 aliphatic heterocycles. The van der Waals surface area contributed by atoms with Gasteiger partial charge in [-0.3, -0.25) is 4.98 Å². The summed E-state index contributed by atoms with van der Waals surface area (Å²) in [6, 6.07) is 15.3. The van der Waals surface area contributed by atoms with Crippen LogP contribution in [0.2, 0.25) is 0 Å². The quantitative estimate of drug-likeness (QED) is 0.699. The van der Waals surface area contributed by atoms with E-state index in [-0.39, 0.29) is 6.61 Å². The van der Waals surface area contributed by atoms with Gasteiger partial charge in [0.25, 0.3) is 0 Å². The average molecular weight is 300 g/mol. The molecule has 22 heavy (non-hydrogen) atoms. The third-order valence-corrected chi connectivity index (χ3v) is 3.29. The summed E-state index contributed by atoms with van der Waals surface area (Å²) < 4.78 is 5.45. The summed E-state index contributed by atoms with van der Waals surface area (Å²) in [7, 11) is -1.04. The van der Waals surface area contributed by atoms with E-state index in [1.165, 1.54) is 0 Å². The molecule has 2 rings (SSSR count). The zero-order valence-corrected chi connectivity index (χ0v) is 12.7. The molecule has 0 saturated carbocycles. The van der Waals surface area contributed by atoms with Gasteiger partial charge in [0.15, 0.2) is 0 Å². The SMILES string of the molecule is Cc1cccc(B(O)OCCN(CCO)c2ccccc2)n1. The highest BCUT2D eigenvalue weighted by Crippen LogP contribution is 2.12. The van der Waals surface area contributed by atoms with E-state index in [4.69, 9.17) is 4.65 Å². The first-order chi connectivity index (χ1) is 10.7. The van der Waals surface area contributed by atoms with Gasteiger partial charge in [-0.1, -0.05) is 24.3 Å². The van der Waals surface area contributed by atoms with Crippen LogP contribution >= 0.6 is 0 Å². The van der Waals surface area contributed by atoms with E-state index in [9.17, 15) is 10.1 Å². The number of aliphatic hydroxyl groups is 1. The lowest BCUT2D eigenvalue weighted by Crippen LogP contribution is -2.39. The number of aryl methyl sites for hydroxylation is 1. The molecule has 116 valence electrons. The Kier molecular flexibility index (Phi) is 6.39. The van der Waals surface area contributed by atoms with Gasteiger partial charge in [-0.2, -0.15) is 0 Å². The van der Waals surface area contributed by atoms with Crippen LogP contribution in [0.1, 0.15) is 5.69 Å². The van der Waals surface area contributed by atoms with Gasteiger partial charge in [0.2, 0.25) is 0 Å². The van der Waals surface area contributed by atoms with Crippen LogP contribution in [0.5, 0.6) is 0 Å². The number of pyridine rings is 1. The van der Waals surface area contributed by atoms with Crippen LogP contribution in [0.15, 0.2) is 48.5 Å². The second-order valence-corrected chi connectivity index (χ2v) is 4.97. The van der Waals surface area contributed by atoms with E-state index in [0.29, 0.717) is 25.3 Å². The second-order valence-electron chi connectivity index (χ2n) is 4.97. The predicted molar refractivity (Wildman–Crippen MR) is 88.3 cm³/mol. The Morgan fingerprint density at radius 3 is 2.55 bits per heavy atom. The highest BCUT2D eigenvalue weighted by molar-refractivity contribution is 6.58. The molecule has 0 atom stereocenters. The van der Waals surface area contributed by atoms with Gasteiger partial charge in [0.1, 0.15) is 0 Å². The minimum Gasteiger partial charge on any atom is -0.422 e. The standard InChI is InChI=1S/C16H21BN2O3/c1-14-6-5-9-16(18-14)17(21)22-13-11-19(10-12-20)15-7-3-2-4-8-15/h2-9,20-21H,10-13H2,1H3. The minimum atomic E-state index is -1.04. The fourth-order valence-electron chi connectivity index (χ4n) is 2.19. The number of benzene rings is 1. The molecule has 0 aliphatic carbocycles. The Morgan fingerprint density at radius 2 is 1.86 bits per heavy atom.